The van der Waals surface area contributed by atoms with Gasteiger partial charge in [0.15, 0.2) is 0 Å². The lowest BCUT2D eigenvalue weighted by molar-refractivity contribution is 0.767. The third-order valence-corrected chi connectivity index (χ3v) is 3.30. The summed E-state index contributed by atoms with van der Waals surface area (Å²) in [6, 6.07) is 6.37. The molecule has 0 bridgehead atoms. The van der Waals surface area contributed by atoms with Crippen molar-refractivity contribution in [1.82, 2.24) is 9.78 Å². The molecule has 0 N–H and O–H groups in total. The predicted octanol–water partition coefficient (Wildman–Crippen LogP) is 3.21. The van der Waals surface area contributed by atoms with Crippen LogP contribution >= 0.6 is 15.9 Å². The van der Waals surface area contributed by atoms with Gasteiger partial charge in [-0.25, -0.2) is 0 Å². The number of nitrogens with zero attached hydrogens (tertiary/aromatic N) is 2. The maximum Gasteiger partial charge on any atom is 0.0734 e. The topological polar surface area (TPSA) is 17.8 Å². The minimum absolute atomic E-state index is 0.716. The van der Waals surface area contributed by atoms with Crippen LogP contribution < -0.4 is 0 Å². The molecule has 1 heterocycles. The van der Waals surface area contributed by atoms with Crippen molar-refractivity contribution in [2.45, 2.75) is 18.8 Å². The molecule has 0 atom stereocenters. The van der Waals surface area contributed by atoms with Crippen molar-refractivity contribution in [2.75, 3.05) is 0 Å². The minimum atomic E-state index is 0.716. The molecule has 0 saturated heterocycles. The van der Waals surface area contributed by atoms with Crippen LogP contribution in [0.5, 0.6) is 0 Å². The zero-order valence-corrected chi connectivity index (χ0v) is 9.58. The van der Waals surface area contributed by atoms with E-state index in [0.29, 0.717) is 5.92 Å². The Morgan fingerprint density at radius 1 is 1.43 bits per heavy atom. The summed E-state index contributed by atoms with van der Waals surface area (Å²) >= 11 is 3.51. The number of hydrogen-bond acceptors (Lipinski definition) is 1. The quantitative estimate of drug-likeness (QED) is 0.760. The van der Waals surface area contributed by atoms with Gasteiger partial charge in [-0.05, 0) is 31.0 Å². The smallest absolute Gasteiger partial charge is 0.0734 e. The molecule has 1 saturated carbocycles. The number of rotatable bonds is 1. The van der Waals surface area contributed by atoms with E-state index >= 15 is 0 Å². The lowest BCUT2D eigenvalue weighted by atomic mass is 10.1. The molecular formula is C11H11BrN2. The number of aryl methyl sites for hydroxylation is 1. The normalized spacial score (nSPS) is 16.4. The summed E-state index contributed by atoms with van der Waals surface area (Å²) in [4.78, 5) is 0. The first-order valence-electron chi connectivity index (χ1n) is 4.88. The van der Waals surface area contributed by atoms with E-state index in [0.717, 1.165) is 4.47 Å². The molecule has 1 aromatic heterocycles. The standard InChI is InChI=1S/C11H11BrN2/c1-14-10-5-4-8(12)6-9(10)11(13-14)7-2-3-7/h4-7H,2-3H2,1H3. The van der Waals surface area contributed by atoms with Gasteiger partial charge in [0.05, 0.1) is 11.2 Å². The molecule has 1 aliphatic carbocycles. The highest BCUT2D eigenvalue weighted by Gasteiger charge is 2.28. The minimum Gasteiger partial charge on any atom is -0.268 e. The molecular weight excluding hydrogens is 240 g/mol. The average Bonchev–Trinajstić information content (AvgIpc) is 2.93. The molecule has 0 unspecified atom stereocenters. The van der Waals surface area contributed by atoms with Crippen molar-refractivity contribution in [2.24, 2.45) is 7.05 Å². The molecule has 1 aliphatic rings. The van der Waals surface area contributed by atoms with Crippen LogP contribution in [0.15, 0.2) is 22.7 Å². The van der Waals surface area contributed by atoms with Gasteiger partial charge >= 0.3 is 0 Å². The predicted molar refractivity (Wildman–Crippen MR) is 60.4 cm³/mol. The van der Waals surface area contributed by atoms with Crippen molar-refractivity contribution in [3.63, 3.8) is 0 Å². The Kier molecular flexibility index (Phi) is 1.71. The van der Waals surface area contributed by atoms with E-state index in [2.05, 4.69) is 39.2 Å². The second-order valence-electron chi connectivity index (χ2n) is 3.94. The Morgan fingerprint density at radius 2 is 2.21 bits per heavy atom. The van der Waals surface area contributed by atoms with E-state index in [-0.39, 0.29) is 0 Å². The summed E-state index contributed by atoms with van der Waals surface area (Å²) in [5.41, 5.74) is 2.51. The first-order chi connectivity index (χ1) is 6.75. The fraction of sp³-hybridized carbons (Fsp3) is 0.364. The molecule has 0 aliphatic heterocycles. The van der Waals surface area contributed by atoms with Gasteiger partial charge in [0.25, 0.3) is 0 Å². The van der Waals surface area contributed by atoms with Gasteiger partial charge in [0, 0.05) is 22.8 Å². The lowest BCUT2D eigenvalue weighted by Crippen LogP contribution is -1.90. The molecule has 2 aromatic rings. The van der Waals surface area contributed by atoms with Crippen LogP contribution in [0.2, 0.25) is 0 Å². The van der Waals surface area contributed by atoms with E-state index in [1.807, 2.05) is 11.7 Å². The molecule has 72 valence electrons. The molecule has 1 fully saturated rings. The van der Waals surface area contributed by atoms with Gasteiger partial charge < -0.3 is 0 Å². The number of aromatic nitrogens is 2. The Balaban J connectivity index is 2.33. The summed E-state index contributed by atoms with van der Waals surface area (Å²) in [6.45, 7) is 0. The highest BCUT2D eigenvalue weighted by molar-refractivity contribution is 9.10. The molecule has 3 heteroatoms. The first kappa shape index (κ1) is 8.48. The average molecular weight is 251 g/mol. The van der Waals surface area contributed by atoms with Crippen LogP contribution in [0, 0.1) is 0 Å². The highest BCUT2D eigenvalue weighted by atomic mass is 79.9. The summed E-state index contributed by atoms with van der Waals surface area (Å²) in [6.07, 6.45) is 2.61. The fourth-order valence-corrected chi connectivity index (χ4v) is 2.28. The Bertz CT molecular complexity index is 497. The van der Waals surface area contributed by atoms with Crippen molar-refractivity contribution in [3.05, 3.63) is 28.4 Å². The fourth-order valence-electron chi connectivity index (χ4n) is 1.92. The van der Waals surface area contributed by atoms with E-state index in [1.165, 1.54) is 29.4 Å². The zero-order chi connectivity index (χ0) is 9.71. The van der Waals surface area contributed by atoms with Gasteiger partial charge in [0.1, 0.15) is 0 Å². The van der Waals surface area contributed by atoms with E-state index < -0.39 is 0 Å². The number of benzene rings is 1. The SMILES string of the molecule is Cn1nc(C2CC2)c2cc(Br)ccc21. The van der Waals surface area contributed by atoms with Crippen LogP contribution in [0.3, 0.4) is 0 Å². The second-order valence-corrected chi connectivity index (χ2v) is 4.86. The lowest BCUT2D eigenvalue weighted by Gasteiger charge is -1.94. The summed E-state index contributed by atoms with van der Waals surface area (Å²) in [5, 5.41) is 5.90. The first-order valence-corrected chi connectivity index (χ1v) is 5.67. The number of hydrogen-bond donors (Lipinski definition) is 0. The second kappa shape index (κ2) is 2.83. The molecule has 0 spiro atoms. The van der Waals surface area contributed by atoms with Crippen molar-refractivity contribution in [3.8, 4) is 0 Å². The molecule has 0 amide bonds. The molecule has 14 heavy (non-hydrogen) atoms. The van der Waals surface area contributed by atoms with Gasteiger partial charge in [-0.1, -0.05) is 15.9 Å². The molecule has 2 nitrogen and oxygen atoms in total. The Labute approximate surface area is 91.0 Å². The van der Waals surface area contributed by atoms with Crippen LogP contribution in [0.4, 0.5) is 0 Å². The van der Waals surface area contributed by atoms with Crippen LogP contribution in [-0.2, 0) is 7.05 Å². The van der Waals surface area contributed by atoms with Crippen molar-refractivity contribution >= 4 is 26.8 Å². The molecule has 1 aromatic carbocycles. The number of fused-ring (bicyclic) bond motifs is 1. The van der Waals surface area contributed by atoms with Crippen molar-refractivity contribution in [1.29, 1.82) is 0 Å². The van der Waals surface area contributed by atoms with E-state index in [9.17, 15) is 0 Å². The van der Waals surface area contributed by atoms with Gasteiger partial charge in [0.2, 0.25) is 0 Å². The number of halogens is 1. The Morgan fingerprint density at radius 3 is 2.93 bits per heavy atom. The molecule has 0 radical (unpaired) electrons. The van der Waals surface area contributed by atoms with Gasteiger partial charge in [-0.3, -0.25) is 4.68 Å². The van der Waals surface area contributed by atoms with E-state index in [1.54, 1.807) is 0 Å². The largest absolute Gasteiger partial charge is 0.268 e. The summed E-state index contributed by atoms with van der Waals surface area (Å²) in [5.74, 6) is 0.716. The van der Waals surface area contributed by atoms with Crippen LogP contribution in [-0.4, -0.2) is 9.78 Å². The Hall–Kier alpha value is -0.830. The van der Waals surface area contributed by atoms with Crippen LogP contribution in [0.25, 0.3) is 10.9 Å². The maximum atomic E-state index is 4.59. The maximum absolute atomic E-state index is 4.59. The van der Waals surface area contributed by atoms with Crippen molar-refractivity contribution < 1.29 is 0 Å². The third-order valence-electron chi connectivity index (χ3n) is 2.80. The van der Waals surface area contributed by atoms with Gasteiger partial charge in [-0.2, -0.15) is 5.10 Å². The van der Waals surface area contributed by atoms with E-state index in [4.69, 9.17) is 0 Å². The summed E-state index contributed by atoms with van der Waals surface area (Å²) < 4.78 is 3.12. The molecule has 3 rings (SSSR count). The highest BCUT2D eigenvalue weighted by Crippen LogP contribution is 2.42. The zero-order valence-electron chi connectivity index (χ0n) is 8.00. The monoisotopic (exact) mass is 250 g/mol. The third kappa shape index (κ3) is 1.19. The van der Waals surface area contributed by atoms with Gasteiger partial charge in [-0.15, -0.1) is 0 Å². The van der Waals surface area contributed by atoms with Crippen LogP contribution in [0.1, 0.15) is 24.5 Å². The summed E-state index contributed by atoms with van der Waals surface area (Å²) in [7, 11) is 2.02.